The molecule has 1 heterocycles. The molecule has 0 aliphatic rings. The summed E-state index contributed by atoms with van der Waals surface area (Å²) >= 11 is 13.6. The summed E-state index contributed by atoms with van der Waals surface area (Å²) in [7, 11) is 0. The van der Waals surface area contributed by atoms with E-state index in [1.807, 2.05) is 53.9 Å². The van der Waals surface area contributed by atoms with Crippen molar-refractivity contribution in [1.82, 2.24) is 4.98 Å². The third-order valence-electron chi connectivity index (χ3n) is 3.40. The van der Waals surface area contributed by atoms with E-state index in [0.29, 0.717) is 10.7 Å². The number of benzene rings is 2. The fourth-order valence-electron chi connectivity index (χ4n) is 2.16. The highest BCUT2D eigenvalue weighted by atomic mass is 35.5. The van der Waals surface area contributed by atoms with E-state index < -0.39 is 5.38 Å². The maximum absolute atomic E-state index is 11.7. The van der Waals surface area contributed by atoms with Crippen molar-refractivity contribution < 1.29 is 4.79 Å². The third-order valence-corrected chi connectivity index (χ3v) is 4.80. The lowest BCUT2D eigenvalue weighted by atomic mass is 10.1. The molecule has 0 saturated heterocycles. The first-order valence-electron chi connectivity index (χ1n) is 7.30. The van der Waals surface area contributed by atoms with Crippen molar-refractivity contribution in [2.75, 3.05) is 5.32 Å². The molecule has 0 fully saturated rings. The number of alkyl halides is 1. The lowest BCUT2D eigenvalue weighted by molar-refractivity contribution is -0.115. The van der Waals surface area contributed by atoms with Gasteiger partial charge in [0.25, 0.3) is 0 Å². The second kappa shape index (κ2) is 7.34. The average Bonchev–Trinajstić information content (AvgIpc) is 3.05. The molecule has 0 aliphatic heterocycles. The van der Waals surface area contributed by atoms with E-state index in [-0.39, 0.29) is 5.91 Å². The largest absolute Gasteiger partial charge is 0.325 e. The Bertz CT molecular complexity index is 877. The summed E-state index contributed by atoms with van der Waals surface area (Å²) in [5.74, 6) is -0.233. The van der Waals surface area contributed by atoms with Gasteiger partial charge in [0.2, 0.25) is 5.91 Å². The van der Waals surface area contributed by atoms with Gasteiger partial charge in [-0.2, -0.15) is 0 Å². The highest BCUT2D eigenvalue weighted by Gasteiger charge is 2.12. The molecule has 1 aromatic heterocycles. The predicted molar refractivity (Wildman–Crippen MR) is 102 cm³/mol. The number of carbonyl (C=O) groups excluding carboxylic acids is 1. The number of rotatable bonds is 4. The van der Waals surface area contributed by atoms with E-state index in [2.05, 4.69) is 10.3 Å². The zero-order chi connectivity index (χ0) is 17.1. The summed E-state index contributed by atoms with van der Waals surface area (Å²) in [5.41, 5.74) is 3.36. The van der Waals surface area contributed by atoms with Crippen molar-refractivity contribution >= 4 is 46.1 Å². The van der Waals surface area contributed by atoms with Crippen molar-refractivity contribution in [2.45, 2.75) is 12.3 Å². The van der Waals surface area contributed by atoms with Crippen LogP contribution >= 0.6 is 34.5 Å². The van der Waals surface area contributed by atoms with Gasteiger partial charge in [-0.25, -0.2) is 4.98 Å². The van der Waals surface area contributed by atoms with Crippen LogP contribution in [0.2, 0.25) is 5.02 Å². The van der Waals surface area contributed by atoms with Crippen molar-refractivity contribution in [3.05, 3.63) is 58.9 Å². The number of nitrogens with one attached hydrogen (secondary N) is 1. The molecule has 24 heavy (non-hydrogen) atoms. The van der Waals surface area contributed by atoms with E-state index >= 15 is 0 Å². The van der Waals surface area contributed by atoms with Gasteiger partial charge in [-0.05, 0) is 25.1 Å². The van der Waals surface area contributed by atoms with Crippen LogP contribution in [0.4, 0.5) is 5.69 Å². The van der Waals surface area contributed by atoms with Gasteiger partial charge in [0, 0.05) is 22.2 Å². The molecule has 3 rings (SSSR count). The molecule has 1 N–H and O–H groups in total. The fraction of sp³-hybridized carbons (Fsp3) is 0.111. The summed E-state index contributed by atoms with van der Waals surface area (Å²) in [6.45, 7) is 1.64. The molecule has 1 amide bonds. The van der Waals surface area contributed by atoms with Crippen LogP contribution in [0.25, 0.3) is 21.8 Å². The van der Waals surface area contributed by atoms with E-state index in [9.17, 15) is 4.79 Å². The second-order valence-electron chi connectivity index (χ2n) is 5.20. The normalized spacial score (nSPS) is 12.0. The summed E-state index contributed by atoms with van der Waals surface area (Å²) in [6, 6.07) is 15.1. The molecular weight excluding hydrogens is 363 g/mol. The van der Waals surface area contributed by atoms with Crippen molar-refractivity contribution in [2.24, 2.45) is 0 Å². The number of hydrogen-bond acceptors (Lipinski definition) is 3. The van der Waals surface area contributed by atoms with E-state index in [1.54, 1.807) is 6.92 Å². The molecule has 0 saturated carbocycles. The number of thiazole rings is 1. The molecular formula is C18H14Cl2N2OS. The van der Waals surface area contributed by atoms with Crippen molar-refractivity contribution in [3.8, 4) is 21.8 Å². The third kappa shape index (κ3) is 3.78. The average molecular weight is 377 g/mol. The Hall–Kier alpha value is -1.88. The van der Waals surface area contributed by atoms with E-state index in [1.165, 1.54) is 11.3 Å². The first-order valence-corrected chi connectivity index (χ1v) is 9.00. The quantitative estimate of drug-likeness (QED) is 0.593. The van der Waals surface area contributed by atoms with Crippen molar-refractivity contribution in [3.63, 3.8) is 0 Å². The number of halogens is 2. The Morgan fingerprint density at radius 3 is 2.75 bits per heavy atom. The van der Waals surface area contributed by atoms with Gasteiger partial charge in [-0.1, -0.05) is 41.9 Å². The molecule has 1 atom stereocenters. The Morgan fingerprint density at radius 1 is 1.21 bits per heavy atom. The summed E-state index contributed by atoms with van der Waals surface area (Å²) in [5, 5.41) is 5.71. The van der Waals surface area contributed by atoms with Gasteiger partial charge in [-0.3, -0.25) is 4.79 Å². The number of amides is 1. The van der Waals surface area contributed by atoms with E-state index in [4.69, 9.17) is 23.2 Å². The number of anilines is 1. The Balaban J connectivity index is 1.88. The van der Waals surface area contributed by atoms with Crippen LogP contribution in [0.1, 0.15) is 6.92 Å². The summed E-state index contributed by atoms with van der Waals surface area (Å²) in [4.78, 5) is 16.4. The Morgan fingerprint density at radius 2 is 2.00 bits per heavy atom. The van der Waals surface area contributed by atoms with Crippen LogP contribution in [-0.2, 0) is 4.79 Å². The highest BCUT2D eigenvalue weighted by molar-refractivity contribution is 7.13. The molecule has 0 radical (unpaired) electrons. The minimum atomic E-state index is -0.584. The Kier molecular flexibility index (Phi) is 5.19. The van der Waals surface area contributed by atoms with Crippen LogP contribution in [-0.4, -0.2) is 16.3 Å². The zero-order valence-corrected chi connectivity index (χ0v) is 15.1. The lowest BCUT2D eigenvalue weighted by Gasteiger charge is -2.07. The van der Waals surface area contributed by atoms with Crippen LogP contribution in [0, 0.1) is 0 Å². The maximum atomic E-state index is 11.7. The lowest BCUT2D eigenvalue weighted by Crippen LogP contribution is -2.20. The van der Waals surface area contributed by atoms with Crippen LogP contribution < -0.4 is 5.32 Å². The second-order valence-corrected chi connectivity index (χ2v) is 7.12. The summed E-state index contributed by atoms with van der Waals surface area (Å²) < 4.78 is 0. The van der Waals surface area contributed by atoms with Gasteiger partial charge >= 0.3 is 0 Å². The zero-order valence-electron chi connectivity index (χ0n) is 12.8. The SMILES string of the molecule is CC(Cl)C(=O)Nc1cccc(-c2csc(-c3ccccc3Cl)n2)c1. The Labute approximate surface area is 154 Å². The highest BCUT2D eigenvalue weighted by Crippen LogP contribution is 2.33. The number of hydrogen-bond donors (Lipinski definition) is 1. The molecule has 0 spiro atoms. The fourth-order valence-corrected chi connectivity index (χ4v) is 3.37. The van der Waals surface area contributed by atoms with Crippen molar-refractivity contribution in [1.29, 1.82) is 0 Å². The monoisotopic (exact) mass is 376 g/mol. The molecule has 3 nitrogen and oxygen atoms in total. The molecule has 2 aromatic carbocycles. The molecule has 122 valence electrons. The molecule has 3 aromatic rings. The van der Waals surface area contributed by atoms with Gasteiger partial charge < -0.3 is 5.32 Å². The van der Waals surface area contributed by atoms with Crippen LogP contribution in [0.15, 0.2) is 53.9 Å². The van der Waals surface area contributed by atoms with Gasteiger partial charge in [-0.15, -0.1) is 22.9 Å². The molecule has 6 heteroatoms. The van der Waals surface area contributed by atoms with Crippen LogP contribution in [0.3, 0.4) is 0 Å². The van der Waals surface area contributed by atoms with Gasteiger partial charge in [0.05, 0.1) is 10.7 Å². The van der Waals surface area contributed by atoms with Gasteiger partial charge in [0.1, 0.15) is 10.4 Å². The minimum absolute atomic E-state index is 0.233. The molecule has 1 unspecified atom stereocenters. The first kappa shape index (κ1) is 17.0. The summed E-state index contributed by atoms with van der Waals surface area (Å²) in [6.07, 6.45) is 0. The minimum Gasteiger partial charge on any atom is -0.325 e. The standard InChI is InChI=1S/C18H14Cl2N2OS/c1-11(19)17(23)21-13-6-4-5-12(9-13)16-10-24-18(22-16)14-7-2-3-8-15(14)20/h2-11H,1H3,(H,21,23). The maximum Gasteiger partial charge on any atom is 0.242 e. The number of carbonyl (C=O) groups is 1. The smallest absolute Gasteiger partial charge is 0.242 e. The molecule has 0 bridgehead atoms. The van der Waals surface area contributed by atoms with Crippen LogP contribution in [0.5, 0.6) is 0 Å². The topological polar surface area (TPSA) is 42.0 Å². The van der Waals surface area contributed by atoms with E-state index in [0.717, 1.165) is 21.8 Å². The predicted octanol–water partition coefficient (Wildman–Crippen LogP) is 5.70. The first-order chi connectivity index (χ1) is 11.5. The number of aromatic nitrogens is 1. The van der Waals surface area contributed by atoms with Gasteiger partial charge in [0.15, 0.2) is 0 Å². The number of nitrogens with zero attached hydrogens (tertiary/aromatic N) is 1. The molecule has 0 aliphatic carbocycles.